The summed E-state index contributed by atoms with van der Waals surface area (Å²) in [6.45, 7) is 1.89. The van der Waals surface area contributed by atoms with E-state index in [1.54, 1.807) is 53.9 Å². The number of imidazole rings is 1. The number of aromatic nitrogens is 2. The van der Waals surface area contributed by atoms with Gasteiger partial charge in [0.05, 0.1) is 13.0 Å². The van der Waals surface area contributed by atoms with Gasteiger partial charge in [0.1, 0.15) is 5.65 Å². The Bertz CT molecular complexity index is 1100. The van der Waals surface area contributed by atoms with Gasteiger partial charge in [-0.3, -0.25) is 14.5 Å². The number of carbonyl (C=O) groups is 3. The van der Waals surface area contributed by atoms with Crippen molar-refractivity contribution in [3.8, 4) is 0 Å². The van der Waals surface area contributed by atoms with Crippen molar-refractivity contribution in [1.82, 2.24) is 9.38 Å². The van der Waals surface area contributed by atoms with Gasteiger partial charge in [-0.1, -0.05) is 6.07 Å². The molecule has 4 rings (SSSR count). The van der Waals surface area contributed by atoms with Gasteiger partial charge in [0.25, 0.3) is 0 Å². The number of hydrogen-bond donors (Lipinski definition) is 3. The van der Waals surface area contributed by atoms with Crippen LogP contribution >= 0.6 is 0 Å². The van der Waals surface area contributed by atoms with E-state index < -0.39 is 12.0 Å². The summed E-state index contributed by atoms with van der Waals surface area (Å²) in [7, 11) is 0. The maximum Gasteiger partial charge on any atom is 0.360 e. The quantitative estimate of drug-likeness (QED) is 0.603. The first-order chi connectivity index (χ1) is 13.5. The van der Waals surface area contributed by atoms with Crippen LogP contribution in [0.25, 0.3) is 5.65 Å². The summed E-state index contributed by atoms with van der Waals surface area (Å²) >= 11 is 0. The largest absolute Gasteiger partial charge is 0.461 e. The highest BCUT2D eigenvalue weighted by molar-refractivity contribution is 6.05. The van der Waals surface area contributed by atoms with Crippen LogP contribution in [0.4, 0.5) is 22.0 Å². The Morgan fingerprint density at radius 2 is 2.11 bits per heavy atom. The van der Waals surface area contributed by atoms with E-state index in [-0.39, 0.29) is 30.4 Å². The summed E-state index contributed by atoms with van der Waals surface area (Å²) in [4.78, 5) is 40.5. The molecule has 0 saturated carbocycles. The highest BCUT2D eigenvalue weighted by atomic mass is 16.5. The lowest BCUT2D eigenvalue weighted by Crippen LogP contribution is -2.22. The van der Waals surface area contributed by atoms with Crippen LogP contribution in [0.15, 0.2) is 42.6 Å². The molecule has 1 aliphatic rings. The number of ether oxygens (including phenoxy) is 1. The number of anilines is 3. The van der Waals surface area contributed by atoms with Crippen LogP contribution in [0, 0.1) is 0 Å². The molecule has 0 radical (unpaired) electrons. The SMILES string of the molecule is CCOC(=O)c1nc2ccccn2c1NC(=O)Nc1ccc2c(c1)CC(=O)N2. The van der Waals surface area contributed by atoms with Crippen LogP contribution in [0.2, 0.25) is 0 Å². The standard InChI is InChI=1S/C19H17N5O4/c1-2-28-18(26)16-17(24-8-4-3-5-14(24)22-16)23-19(27)20-12-6-7-13-11(9-12)10-15(25)21-13/h3-9H,2,10H2,1H3,(H,21,25)(H2,20,23,27). The molecule has 3 heterocycles. The number of pyridine rings is 1. The third kappa shape index (κ3) is 3.25. The third-order valence-corrected chi connectivity index (χ3v) is 4.22. The summed E-state index contributed by atoms with van der Waals surface area (Å²) < 4.78 is 6.63. The van der Waals surface area contributed by atoms with Gasteiger partial charge >= 0.3 is 12.0 Å². The number of urea groups is 1. The van der Waals surface area contributed by atoms with Crippen molar-refractivity contribution in [3.05, 3.63) is 53.9 Å². The molecule has 0 unspecified atom stereocenters. The second-order valence-electron chi connectivity index (χ2n) is 6.13. The smallest absolute Gasteiger partial charge is 0.360 e. The third-order valence-electron chi connectivity index (χ3n) is 4.22. The molecular formula is C19H17N5O4. The van der Waals surface area contributed by atoms with E-state index >= 15 is 0 Å². The van der Waals surface area contributed by atoms with Gasteiger partial charge in [0, 0.05) is 17.6 Å². The van der Waals surface area contributed by atoms with E-state index in [1.807, 2.05) is 0 Å². The maximum atomic E-state index is 12.5. The molecule has 3 aromatic rings. The monoisotopic (exact) mass is 379 g/mol. The maximum absolute atomic E-state index is 12.5. The van der Waals surface area contributed by atoms with Crippen molar-refractivity contribution in [2.75, 3.05) is 22.6 Å². The van der Waals surface area contributed by atoms with Gasteiger partial charge in [0.2, 0.25) is 5.91 Å². The van der Waals surface area contributed by atoms with Crippen LogP contribution in [-0.4, -0.2) is 33.9 Å². The number of carbonyl (C=O) groups excluding carboxylic acids is 3. The van der Waals surface area contributed by atoms with E-state index in [2.05, 4.69) is 20.9 Å². The Labute approximate surface area is 159 Å². The zero-order valence-electron chi connectivity index (χ0n) is 15.0. The van der Waals surface area contributed by atoms with Crippen LogP contribution < -0.4 is 16.0 Å². The average Bonchev–Trinajstić information content (AvgIpc) is 3.21. The van der Waals surface area contributed by atoms with Gasteiger partial charge in [-0.2, -0.15) is 0 Å². The topological polar surface area (TPSA) is 114 Å². The Morgan fingerprint density at radius 3 is 2.93 bits per heavy atom. The predicted octanol–water partition coefficient (Wildman–Crippen LogP) is 2.65. The lowest BCUT2D eigenvalue weighted by Gasteiger charge is -2.10. The molecule has 1 aromatic carbocycles. The average molecular weight is 379 g/mol. The van der Waals surface area contributed by atoms with Crippen LogP contribution in [0.1, 0.15) is 23.0 Å². The molecule has 0 atom stereocenters. The molecule has 2 aromatic heterocycles. The normalized spacial score (nSPS) is 12.4. The minimum atomic E-state index is -0.622. The first kappa shape index (κ1) is 17.5. The second-order valence-corrected chi connectivity index (χ2v) is 6.13. The lowest BCUT2D eigenvalue weighted by molar-refractivity contribution is -0.115. The molecule has 0 saturated heterocycles. The van der Waals surface area contributed by atoms with Gasteiger partial charge in [-0.25, -0.2) is 14.6 Å². The molecular weight excluding hydrogens is 362 g/mol. The van der Waals surface area contributed by atoms with E-state index in [1.165, 1.54) is 0 Å². The first-order valence-electron chi connectivity index (χ1n) is 8.70. The lowest BCUT2D eigenvalue weighted by atomic mass is 10.1. The van der Waals surface area contributed by atoms with E-state index in [9.17, 15) is 14.4 Å². The number of nitrogens with zero attached hydrogens (tertiary/aromatic N) is 2. The number of fused-ring (bicyclic) bond motifs is 2. The molecule has 0 aliphatic carbocycles. The molecule has 0 fully saturated rings. The summed E-state index contributed by atoms with van der Waals surface area (Å²) in [5, 5.41) is 8.11. The number of benzene rings is 1. The van der Waals surface area contributed by atoms with Gasteiger partial charge in [-0.15, -0.1) is 0 Å². The van der Waals surface area contributed by atoms with Crippen molar-refractivity contribution in [1.29, 1.82) is 0 Å². The Hall–Kier alpha value is -3.88. The first-order valence-corrected chi connectivity index (χ1v) is 8.70. The van der Waals surface area contributed by atoms with Gasteiger partial charge < -0.3 is 15.4 Å². The molecule has 28 heavy (non-hydrogen) atoms. The zero-order valence-corrected chi connectivity index (χ0v) is 15.0. The summed E-state index contributed by atoms with van der Waals surface area (Å²) in [5.74, 6) is -0.491. The summed E-state index contributed by atoms with van der Waals surface area (Å²) in [6, 6.07) is 9.86. The minimum absolute atomic E-state index is 0.0203. The Morgan fingerprint density at radius 1 is 1.25 bits per heavy atom. The van der Waals surface area contributed by atoms with E-state index in [0.717, 1.165) is 11.3 Å². The molecule has 0 bridgehead atoms. The van der Waals surface area contributed by atoms with Crippen molar-refractivity contribution in [2.24, 2.45) is 0 Å². The fourth-order valence-corrected chi connectivity index (χ4v) is 3.03. The van der Waals surface area contributed by atoms with Crippen LogP contribution in [0.5, 0.6) is 0 Å². The Balaban J connectivity index is 1.58. The minimum Gasteiger partial charge on any atom is -0.461 e. The number of rotatable bonds is 4. The van der Waals surface area contributed by atoms with Gasteiger partial charge in [-0.05, 0) is 42.8 Å². The highest BCUT2D eigenvalue weighted by Gasteiger charge is 2.22. The fraction of sp³-hybridized carbons (Fsp3) is 0.158. The van der Waals surface area contributed by atoms with Crippen molar-refractivity contribution in [2.45, 2.75) is 13.3 Å². The Kier molecular flexibility index (Phi) is 4.40. The predicted molar refractivity (Wildman–Crippen MR) is 103 cm³/mol. The fourth-order valence-electron chi connectivity index (χ4n) is 3.03. The number of nitrogens with one attached hydrogen (secondary N) is 3. The number of esters is 1. The number of hydrogen-bond acceptors (Lipinski definition) is 5. The van der Waals surface area contributed by atoms with Crippen LogP contribution in [-0.2, 0) is 16.0 Å². The molecule has 3 N–H and O–H groups in total. The molecule has 0 spiro atoms. The van der Waals surface area contributed by atoms with Crippen molar-refractivity contribution < 1.29 is 19.1 Å². The molecule has 3 amide bonds. The molecule has 9 heteroatoms. The van der Waals surface area contributed by atoms with Gasteiger partial charge in [0.15, 0.2) is 11.5 Å². The molecule has 9 nitrogen and oxygen atoms in total. The highest BCUT2D eigenvalue weighted by Crippen LogP contribution is 2.26. The summed E-state index contributed by atoms with van der Waals surface area (Å²) in [6.07, 6.45) is 1.96. The van der Waals surface area contributed by atoms with Crippen molar-refractivity contribution >= 4 is 40.7 Å². The molecule has 1 aliphatic heterocycles. The zero-order chi connectivity index (χ0) is 19.7. The van der Waals surface area contributed by atoms with Crippen molar-refractivity contribution in [3.63, 3.8) is 0 Å². The van der Waals surface area contributed by atoms with E-state index in [0.29, 0.717) is 11.3 Å². The van der Waals surface area contributed by atoms with Crippen LogP contribution in [0.3, 0.4) is 0 Å². The second kappa shape index (κ2) is 7.03. The molecule has 142 valence electrons. The number of amides is 3. The van der Waals surface area contributed by atoms with E-state index in [4.69, 9.17) is 4.74 Å². The summed E-state index contributed by atoms with van der Waals surface area (Å²) in [5.41, 5.74) is 2.60.